The van der Waals surface area contributed by atoms with E-state index in [2.05, 4.69) is 10.3 Å². The largest absolute Gasteiger partial charge is 0.328 e. The number of hydrogen-bond donors (Lipinski definition) is 2. The minimum Gasteiger partial charge on any atom is -0.328 e. The van der Waals surface area contributed by atoms with Crippen LogP contribution in [-0.4, -0.2) is 16.9 Å². The molecule has 0 spiro atoms. The van der Waals surface area contributed by atoms with Gasteiger partial charge in [0.15, 0.2) is 0 Å². The van der Waals surface area contributed by atoms with E-state index in [1.54, 1.807) is 6.20 Å². The van der Waals surface area contributed by atoms with Gasteiger partial charge in [0, 0.05) is 12.0 Å². The van der Waals surface area contributed by atoms with Crippen LogP contribution >= 0.6 is 11.6 Å². The second kappa shape index (κ2) is 7.46. The number of pyridine rings is 1. The van der Waals surface area contributed by atoms with E-state index in [0.717, 1.165) is 24.8 Å². The molecule has 5 heteroatoms. The van der Waals surface area contributed by atoms with E-state index in [0.29, 0.717) is 10.8 Å². The molecule has 1 aromatic rings. The lowest BCUT2D eigenvalue weighted by atomic mass is 10.0. The van der Waals surface area contributed by atoms with Crippen molar-refractivity contribution in [2.24, 2.45) is 11.7 Å². The number of aromatic nitrogens is 1. The molecule has 1 amide bonds. The number of halogens is 1. The van der Waals surface area contributed by atoms with Crippen molar-refractivity contribution in [3.8, 4) is 0 Å². The maximum absolute atomic E-state index is 12.0. The Labute approximate surface area is 119 Å². The molecule has 2 atom stereocenters. The van der Waals surface area contributed by atoms with Gasteiger partial charge in [0.2, 0.25) is 5.91 Å². The summed E-state index contributed by atoms with van der Waals surface area (Å²) in [6.07, 6.45) is 4.32. The minimum atomic E-state index is -0.0327. The molecule has 0 saturated carbocycles. The van der Waals surface area contributed by atoms with Crippen molar-refractivity contribution >= 4 is 23.2 Å². The van der Waals surface area contributed by atoms with Crippen LogP contribution in [0.15, 0.2) is 12.3 Å². The van der Waals surface area contributed by atoms with E-state index >= 15 is 0 Å². The fourth-order valence-corrected chi connectivity index (χ4v) is 1.87. The molecule has 1 aromatic heterocycles. The normalized spacial score (nSPS) is 13.9. The quantitative estimate of drug-likeness (QED) is 0.788. The molecule has 4 nitrogen and oxygen atoms in total. The zero-order chi connectivity index (χ0) is 14.4. The van der Waals surface area contributed by atoms with E-state index in [-0.39, 0.29) is 17.9 Å². The first-order valence-electron chi connectivity index (χ1n) is 6.58. The van der Waals surface area contributed by atoms with Gasteiger partial charge in [-0.25, -0.2) is 4.98 Å². The van der Waals surface area contributed by atoms with Crippen molar-refractivity contribution in [1.29, 1.82) is 0 Å². The zero-order valence-corrected chi connectivity index (χ0v) is 12.5. The summed E-state index contributed by atoms with van der Waals surface area (Å²) >= 11 is 5.84. The molecule has 3 N–H and O–H groups in total. The molecule has 0 saturated heterocycles. The van der Waals surface area contributed by atoms with Crippen LogP contribution in [0.1, 0.15) is 38.7 Å². The summed E-state index contributed by atoms with van der Waals surface area (Å²) in [6.45, 7) is 5.76. The van der Waals surface area contributed by atoms with Crippen molar-refractivity contribution in [2.45, 2.75) is 46.1 Å². The summed E-state index contributed by atoms with van der Waals surface area (Å²) in [6, 6.07) is 2.01. The van der Waals surface area contributed by atoms with Gasteiger partial charge in [-0.15, -0.1) is 0 Å². The van der Waals surface area contributed by atoms with Crippen LogP contribution in [0.4, 0.5) is 5.69 Å². The van der Waals surface area contributed by atoms with Crippen LogP contribution < -0.4 is 11.1 Å². The number of hydrogen-bond acceptors (Lipinski definition) is 3. The monoisotopic (exact) mass is 283 g/mol. The molecule has 0 aromatic carbocycles. The number of anilines is 1. The third-order valence-electron chi connectivity index (χ3n) is 3.03. The molecule has 2 unspecified atom stereocenters. The van der Waals surface area contributed by atoms with Crippen molar-refractivity contribution in [3.05, 3.63) is 23.0 Å². The topological polar surface area (TPSA) is 68.0 Å². The van der Waals surface area contributed by atoms with Crippen molar-refractivity contribution in [2.75, 3.05) is 5.32 Å². The van der Waals surface area contributed by atoms with Gasteiger partial charge in [0.1, 0.15) is 5.15 Å². The van der Waals surface area contributed by atoms with Gasteiger partial charge >= 0.3 is 0 Å². The van der Waals surface area contributed by atoms with Crippen molar-refractivity contribution in [3.63, 3.8) is 0 Å². The van der Waals surface area contributed by atoms with E-state index in [9.17, 15) is 4.79 Å². The summed E-state index contributed by atoms with van der Waals surface area (Å²) in [4.78, 5) is 16.0. The third kappa shape index (κ3) is 5.57. The predicted molar refractivity (Wildman–Crippen MR) is 79.3 cm³/mol. The summed E-state index contributed by atoms with van der Waals surface area (Å²) in [5, 5.41) is 3.32. The summed E-state index contributed by atoms with van der Waals surface area (Å²) < 4.78 is 0. The smallest absolute Gasteiger partial charge is 0.227 e. The molecule has 0 radical (unpaired) electrons. The minimum absolute atomic E-state index is 0.00759. The Bertz CT molecular complexity index is 435. The van der Waals surface area contributed by atoms with Crippen LogP contribution in [0.3, 0.4) is 0 Å². The summed E-state index contributed by atoms with van der Waals surface area (Å²) in [5.74, 6) is -0.0251. The Kier molecular flexibility index (Phi) is 6.25. The van der Waals surface area contributed by atoms with Crippen LogP contribution in [0.5, 0.6) is 0 Å². The van der Waals surface area contributed by atoms with Gasteiger partial charge < -0.3 is 11.1 Å². The van der Waals surface area contributed by atoms with E-state index in [4.69, 9.17) is 17.3 Å². The fourth-order valence-electron chi connectivity index (χ4n) is 1.77. The van der Waals surface area contributed by atoms with Crippen LogP contribution in [0.25, 0.3) is 0 Å². The van der Waals surface area contributed by atoms with E-state index < -0.39 is 0 Å². The molecule has 0 fully saturated rings. The Hall–Kier alpha value is -1.13. The molecule has 1 rings (SSSR count). The van der Waals surface area contributed by atoms with Crippen LogP contribution in [0, 0.1) is 12.8 Å². The highest BCUT2D eigenvalue weighted by molar-refractivity contribution is 6.30. The number of rotatable bonds is 6. The second-order valence-corrected chi connectivity index (χ2v) is 5.49. The number of amides is 1. The van der Waals surface area contributed by atoms with Gasteiger partial charge in [-0.05, 0) is 38.3 Å². The van der Waals surface area contributed by atoms with Crippen LogP contribution in [0.2, 0.25) is 5.15 Å². The predicted octanol–water partition coefficient (Wildman–Crippen LogP) is 3.14. The molecular formula is C14H22ClN3O. The number of nitrogens with two attached hydrogens (primary N) is 1. The fraction of sp³-hybridized carbons (Fsp3) is 0.571. The molecular weight excluding hydrogens is 262 g/mol. The number of nitrogens with one attached hydrogen (secondary N) is 1. The average molecular weight is 284 g/mol. The average Bonchev–Trinajstić information content (AvgIpc) is 2.33. The number of nitrogens with zero attached hydrogens (tertiary/aromatic N) is 1. The van der Waals surface area contributed by atoms with Crippen molar-refractivity contribution in [1.82, 2.24) is 4.98 Å². The first kappa shape index (κ1) is 15.9. The SMILES string of the molecule is Cc1cc(NC(=O)C(C)CCCC(C)N)cnc1Cl. The number of carbonyl (C=O) groups excluding carboxylic acids is 1. The van der Waals surface area contributed by atoms with Gasteiger partial charge in [0.25, 0.3) is 0 Å². The van der Waals surface area contributed by atoms with Crippen LogP contribution in [-0.2, 0) is 4.79 Å². The van der Waals surface area contributed by atoms with Gasteiger partial charge in [-0.3, -0.25) is 4.79 Å². The van der Waals surface area contributed by atoms with E-state index in [1.807, 2.05) is 26.8 Å². The lowest BCUT2D eigenvalue weighted by Gasteiger charge is -2.13. The summed E-state index contributed by atoms with van der Waals surface area (Å²) in [5.41, 5.74) is 7.22. The number of aryl methyl sites for hydroxylation is 1. The first-order valence-corrected chi connectivity index (χ1v) is 6.96. The molecule has 0 aliphatic carbocycles. The highest BCUT2D eigenvalue weighted by Gasteiger charge is 2.13. The Morgan fingerprint density at radius 1 is 1.47 bits per heavy atom. The maximum Gasteiger partial charge on any atom is 0.227 e. The van der Waals surface area contributed by atoms with E-state index in [1.165, 1.54) is 0 Å². The maximum atomic E-state index is 12.0. The standard InChI is InChI=1S/C14H22ClN3O/c1-9(5-4-6-11(3)16)14(19)18-12-7-10(2)13(15)17-8-12/h7-9,11H,4-6,16H2,1-3H3,(H,18,19). The Morgan fingerprint density at radius 2 is 2.16 bits per heavy atom. The molecule has 0 aliphatic heterocycles. The molecule has 19 heavy (non-hydrogen) atoms. The molecule has 1 heterocycles. The summed E-state index contributed by atoms with van der Waals surface area (Å²) in [7, 11) is 0. The highest BCUT2D eigenvalue weighted by atomic mass is 35.5. The third-order valence-corrected chi connectivity index (χ3v) is 3.42. The number of carbonyl (C=O) groups is 1. The molecule has 106 valence electrons. The lowest BCUT2D eigenvalue weighted by Crippen LogP contribution is -2.21. The Morgan fingerprint density at radius 3 is 2.74 bits per heavy atom. The molecule has 0 bridgehead atoms. The highest BCUT2D eigenvalue weighted by Crippen LogP contribution is 2.17. The van der Waals surface area contributed by atoms with Crippen molar-refractivity contribution < 1.29 is 4.79 Å². The molecule has 0 aliphatic rings. The van der Waals surface area contributed by atoms with Gasteiger partial charge in [-0.2, -0.15) is 0 Å². The first-order chi connectivity index (χ1) is 8.90. The lowest BCUT2D eigenvalue weighted by molar-refractivity contribution is -0.119. The zero-order valence-electron chi connectivity index (χ0n) is 11.7. The Balaban J connectivity index is 2.47. The second-order valence-electron chi connectivity index (χ2n) is 5.13. The van der Waals surface area contributed by atoms with Gasteiger partial charge in [-0.1, -0.05) is 24.9 Å². The van der Waals surface area contributed by atoms with Gasteiger partial charge in [0.05, 0.1) is 11.9 Å².